The van der Waals surface area contributed by atoms with E-state index in [-0.39, 0.29) is 11.0 Å². The second-order valence-electron chi connectivity index (χ2n) is 5.50. The number of nitrogens with zero attached hydrogens (tertiary/aromatic N) is 1. The van der Waals surface area contributed by atoms with Crippen LogP contribution in [0, 0.1) is 11.2 Å². The standard InChI is InChI=1S/C14H18FN3O2/c1-14(7-16-5-6-19-9-14)8-17-13-18-11-4-2-3-10(15)12(11)20-13/h2-4,16H,5-9H2,1H3,(H,17,18). The summed E-state index contributed by atoms with van der Waals surface area (Å²) in [6.45, 7) is 5.89. The van der Waals surface area contributed by atoms with Crippen molar-refractivity contribution >= 4 is 17.1 Å². The molecule has 0 amide bonds. The molecule has 3 rings (SSSR count). The molecular weight excluding hydrogens is 261 g/mol. The number of ether oxygens (including phenoxy) is 1. The number of para-hydroxylation sites is 1. The van der Waals surface area contributed by atoms with Gasteiger partial charge >= 0.3 is 0 Å². The molecule has 0 radical (unpaired) electrons. The Morgan fingerprint density at radius 2 is 2.40 bits per heavy atom. The second kappa shape index (κ2) is 5.38. The van der Waals surface area contributed by atoms with Crippen LogP contribution < -0.4 is 10.6 Å². The van der Waals surface area contributed by atoms with Crippen LogP contribution >= 0.6 is 0 Å². The van der Waals surface area contributed by atoms with Crippen LogP contribution in [0.4, 0.5) is 10.4 Å². The number of aromatic nitrogens is 1. The van der Waals surface area contributed by atoms with E-state index in [0.717, 1.165) is 19.7 Å². The van der Waals surface area contributed by atoms with E-state index < -0.39 is 5.82 Å². The Morgan fingerprint density at radius 1 is 1.50 bits per heavy atom. The summed E-state index contributed by atoms with van der Waals surface area (Å²) in [5.74, 6) is -0.395. The molecule has 2 aromatic rings. The highest BCUT2D eigenvalue weighted by atomic mass is 19.1. The van der Waals surface area contributed by atoms with Gasteiger partial charge in [0.1, 0.15) is 5.52 Å². The number of hydrogen-bond acceptors (Lipinski definition) is 5. The Hall–Kier alpha value is -1.66. The van der Waals surface area contributed by atoms with E-state index in [2.05, 4.69) is 22.5 Å². The molecule has 1 aliphatic heterocycles. The highest BCUT2D eigenvalue weighted by Gasteiger charge is 2.27. The largest absolute Gasteiger partial charge is 0.420 e. The van der Waals surface area contributed by atoms with E-state index in [4.69, 9.17) is 9.15 Å². The summed E-state index contributed by atoms with van der Waals surface area (Å²) in [7, 11) is 0. The summed E-state index contributed by atoms with van der Waals surface area (Å²) in [6.07, 6.45) is 0. The van der Waals surface area contributed by atoms with Crippen LogP contribution in [0.2, 0.25) is 0 Å². The quantitative estimate of drug-likeness (QED) is 0.900. The maximum atomic E-state index is 13.5. The fraction of sp³-hybridized carbons (Fsp3) is 0.500. The summed E-state index contributed by atoms with van der Waals surface area (Å²) in [4.78, 5) is 4.23. The maximum absolute atomic E-state index is 13.5. The third kappa shape index (κ3) is 2.76. The van der Waals surface area contributed by atoms with Crippen molar-refractivity contribution in [3.05, 3.63) is 24.0 Å². The monoisotopic (exact) mass is 279 g/mol. The second-order valence-corrected chi connectivity index (χ2v) is 5.50. The van der Waals surface area contributed by atoms with E-state index in [1.807, 2.05) is 0 Å². The molecular formula is C14H18FN3O2. The average Bonchev–Trinajstić information content (AvgIpc) is 2.74. The van der Waals surface area contributed by atoms with Crippen molar-refractivity contribution in [2.75, 3.05) is 38.2 Å². The topological polar surface area (TPSA) is 59.3 Å². The van der Waals surface area contributed by atoms with Crippen LogP contribution in [0.1, 0.15) is 6.92 Å². The van der Waals surface area contributed by atoms with Crippen LogP contribution in [-0.4, -0.2) is 37.8 Å². The molecule has 1 aliphatic rings. The molecule has 1 saturated heterocycles. The first-order chi connectivity index (χ1) is 9.66. The molecule has 108 valence electrons. The number of nitrogens with one attached hydrogen (secondary N) is 2. The van der Waals surface area contributed by atoms with E-state index in [9.17, 15) is 4.39 Å². The van der Waals surface area contributed by atoms with Crippen molar-refractivity contribution in [3.8, 4) is 0 Å². The van der Waals surface area contributed by atoms with Gasteiger partial charge in [-0.25, -0.2) is 4.39 Å². The molecule has 2 N–H and O–H groups in total. The first kappa shape index (κ1) is 13.3. The van der Waals surface area contributed by atoms with E-state index in [1.54, 1.807) is 12.1 Å². The van der Waals surface area contributed by atoms with Crippen LogP contribution in [0.25, 0.3) is 11.1 Å². The molecule has 1 aromatic carbocycles. The van der Waals surface area contributed by atoms with Gasteiger partial charge in [0.25, 0.3) is 6.01 Å². The summed E-state index contributed by atoms with van der Waals surface area (Å²) in [5, 5.41) is 6.47. The molecule has 0 bridgehead atoms. The molecule has 0 aliphatic carbocycles. The molecule has 1 aromatic heterocycles. The Kier molecular flexibility index (Phi) is 3.58. The van der Waals surface area contributed by atoms with Gasteiger partial charge in [0.15, 0.2) is 11.4 Å². The first-order valence-corrected chi connectivity index (χ1v) is 6.74. The summed E-state index contributed by atoms with van der Waals surface area (Å²) in [6, 6.07) is 5.05. The van der Waals surface area contributed by atoms with Gasteiger partial charge < -0.3 is 19.8 Å². The zero-order chi connectivity index (χ0) is 14.0. The van der Waals surface area contributed by atoms with Gasteiger partial charge in [-0.05, 0) is 12.1 Å². The highest BCUT2D eigenvalue weighted by molar-refractivity contribution is 5.74. The number of fused-ring (bicyclic) bond motifs is 1. The fourth-order valence-electron chi connectivity index (χ4n) is 2.30. The van der Waals surface area contributed by atoms with Crippen molar-refractivity contribution in [1.29, 1.82) is 0 Å². The van der Waals surface area contributed by atoms with Gasteiger partial charge in [-0.15, -0.1) is 0 Å². The van der Waals surface area contributed by atoms with Crippen LogP contribution in [0.5, 0.6) is 0 Å². The number of halogens is 1. The smallest absolute Gasteiger partial charge is 0.295 e. The number of rotatable bonds is 3. The highest BCUT2D eigenvalue weighted by Crippen LogP contribution is 2.23. The Bertz CT molecular complexity index is 591. The lowest BCUT2D eigenvalue weighted by Crippen LogP contribution is -2.38. The number of anilines is 1. The van der Waals surface area contributed by atoms with E-state index in [0.29, 0.717) is 24.7 Å². The Morgan fingerprint density at radius 3 is 3.25 bits per heavy atom. The van der Waals surface area contributed by atoms with Crippen LogP contribution in [0.15, 0.2) is 22.6 Å². The van der Waals surface area contributed by atoms with E-state index in [1.165, 1.54) is 6.07 Å². The molecule has 6 heteroatoms. The third-order valence-corrected chi connectivity index (χ3v) is 3.46. The van der Waals surface area contributed by atoms with Crippen molar-refractivity contribution in [2.45, 2.75) is 6.92 Å². The third-order valence-electron chi connectivity index (χ3n) is 3.46. The lowest BCUT2D eigenvalue weighted by molar-refractivity contribution is 0.0859. The molecule has 1 fully saturated rings. The van der Waals surface area contributed by atoms with Crippen LogP contribution in [-0.2, 0) is 4.74 Å². The lowest BCUT2D eigenvalue weighted by atomic mass is 9.92. The van der Waals surface area contributed by atoms with Crippen molar-refractivity contribution in [1.82, 2.24) is 10.3 Å². The molecule has 20 heavy (non-hydrogen) atoms. The maximum Gasteiger partial charge on any atom is 0.295 e. The van der Waals surface area contributed by atoms with E-state index >= 15 is 0 Å². The number of oxazole rings is 1. The average molecular weight is 279 g/mol. The zero-order valence-electron chi connectivity index (χ0n) is 11.4. The normalized spacial score (nSPS) is 23.7. The first-order valence-electron chi connectivity index (χ1n) is 6.74. The van der Waals surface area contributed by atoms with Gasteiger partial charge in [-0.3, -0.25) is 0 Å². The summed E-state index contributed by atoms with van der Waals surface area (Å²) >= 11 is 0. The summed E-state index contributed by atoms with van der Waals surface area (Å²) in [5.41, 5.74) is 0.665. The predicted molar refractivity (Wildman–Crippen MR) is 74.3 cm³/mol. The lowest BCUT2D eigenvalue weighted by Gasteiger charge is -2.26. The molecule has 0 spiro atoms. The molecule has 2 heterocycles. The van der Waals surface area contributed by atoms with Gasteiger partial charge in [0.2, 0.25) is 0 Å². The minimum absolute atomic E-state index is 0.0459. The SMILES string of the molecule is CC1(CNc2nc3cccc(F)c3o2)CNCCOC1. The van der Waals surface area contributed by atoms with Crippen molar-refractivity contribution in [3.63, 3.8) is 0 Å². The summed E-state index contributed by atoms with van der Waals surface area (Å²) < 4.78 is 24.5. The number of hydrogen-bond donors (Lipinski definition) is 2. The molecule has 1 unspecified atom stereocenters. The van der Waals surface area contributed by atoms with Gasteiger partial charge in [0.05, 0.1) is 13.2 Å². The predicted octanol–water partition coefficient (Wildman–Crippen LogP) is 2.00. The Labute approximate surface area is 116 Å². The van der Waals surface area contributed by atoms with Crippen LogP contribution in [0.3, 0.4) is 0 Å². The van der Waals surface area contributed by atoms with Gasteiger partial charge in [-0.1, -0.05) is 13.0 Å². The van der Waals surface area contributed by atoms with Gasteiger partial charge in [0, 0.05) is 25.0 Å². The minimum Gasteiger partial charge on any atom is -0.420 e. The molecule has 5 nitrogen and oxygen atoms in total. The zero-order valence-corrected chi connectivity index (χ0v) is 11.4. The fourth-order valence-corrected chi connectivity index (χ4v) is 2.30. The van der Waals surface area contributed by atoms with Crippen molar-refractivity contribution < 1.29 is 13.5 Å². The number of benzene rings is 1. The molecule has 0 saturated carbocycles. The minimum atomic E-state index is -0.395. The van der Waals surface area contributed by atoms with Gasteiger partial charge in [-0.2, -0.15) is 4.98 Å². The molecule has 1 atom stereocenters. The van der Waals surface area contributed by atoms with Crippen molar-refractivity contribution in [2.24, 2.45) is 5.41 Å². The Balaban J connectivity index is 1.71.